The topological polar surface area (TPSA) is 70.7 Å². The zero-order valence-corrected chi connectivity index (χ0v) is 23.3. The molecule has 1 heterocycles. The van der Waals surface area contributed by atoms with E-state index in [-0.39, 0.29) is 29.5 Å². The van der Waals surface area contributed by atoms with Gasteiger partial charge in [-0.25, -0.2) is 4.79 Å². The molecule has 2 aliphatic rings. The molecule has 3 amide bonds. The number of ether oxygens (including phenoxy) is 1. The van der Waals surface area contributed by atoms with Gasteiger partial charge in [0.15, 0.2) is 0 Å². The Bertz CT molecular complexity index is 1430. The van der Waals surface area contributed by atoms with E-state index in [2.05, 4.69) is 15.4 Å². The van der Waals surface area contributed by atoms with E-state index in [4.69, 9.17) is 0 Å². The van der Waals surface area contributed by atoms with E-state index in [1.54, 1.807) is 11.0 Å². The SMILES string of the molecule is CC(C)(C)NC(=O)N1CCc2c(-c3cccc(OC(F)(F)F)c3)ccc(CNC(=O)[C@@H]3C[C@H]3c3ccccc3)c2C1. The molecule has 1 fully saturated rings. The van der Waals surface area contributed by atoms with Crippen LogP contribution in [0.3, 0.4) is 0 Å². The largest absolute Gasteiger partial charge is 0.573 e. The number of urea groups is 1. The summed E-state index contributed by atoms with van der Waals surface area (Å²) in [4.78, 5) is 27.8. The molecule has 41 heavy (non-hydrogen) atoms. The molecule has 1 saturated carbocycles. The van der Waals surface area contributed by atoms with Gasteiger partial charge in [0, 0.05) is 31.1 Å². The van der Waals surface area contributed by atoms with E-state index >= 15 is 0 Å². The fourth-order valence-corrected chi connectivity index (χ4v) is 5.48. The van der Waals surface area contributed by atoms with Gasteiger partial charge in [-0.3, -0.25) is 4.79 Å². The lowest BCUT2D eigenvalue weighted by atomic mass is 9.87. The minimum atomic E-state index is -4.79. The summed E-state index contributed by atoms with van der Waals surface area (Å²) in [7, 11) is 0. The maximum atomic E-state index is 13.0. The molecule has 3 aromatic rings. The van der Waals surface area contributed by atoms with Gasteiger partial charge in [0.25, 0.3) is 0 Å². The number of nitrogens with one attached hydrogen (secondary N) is 2. The van der Waals surface area contributed by atoms with Gasteiger partial charge in [-0.05, 0) is 85.0 Å². The third-order valence-electron chi connectivity index (χ3n) is 7.46. The van der Waals surface area contributed by atoms with Gasteiger partial charge in [0.05, 0.1) is 0 Å². The number of benzene rings is 3. The van der Waals surface area contributed by atoms with E-state index < -0.39 is 11.9 Å². The molecule has 9 heteroatoms. The lowest BCUT2D eigenvalue weighted by Gasteiger charge is -2.34. The van der Waals surface area contributed by atoms with Crippen molar-refractivity contribution in [1.29, 1.82) is 0 Å². The first-order chi connectivity index (χ1) is 19.4. The van der Waals surface area contributed by atoms with Gasteiger partial charge in [0.1, 0.15) is 5.75 Å². The second-order valence-corrected chi connectivity index (χ2v) is 11.7. The van der Waals surface area contributed by atoms with E-state index in [1.807, 2.05) is 63.2 Å². The van der Waals surface area contributed by atoms with E-state index in [9.17, 15) is 22.8 Å². The Labute approximate surface area is 237 Å². The van der Waals surface area contributed by atoms with Crippen LogP contribution >= 0.6 is 0 Å². The number of rotatable bonds is 6. The minimum Gasteiger partial charge on any atom is -0.406 e. The first-order valence-corrected chi connectivity index (χ1v) is 13.8. The van der Waals surface area contributed by atoms with Crippen molar-refractivity contribution >= 4 is 11.9 Å². The number of nitrogens with zero attached hydrogens (tertiary/aromatic N) is 1. The molecule has 0 unspecified atom stereocenters. The second-order valence-electron chi connectivity index (χ2n) is 11.7. The molecule has 216 valence electrons. The highest BCUT2D eigenvalue weighted by molar-refractivity contribution is 5.83. The molecule has 0 radical (unpaired) electrons. The van der Waals surface area contributed by atoms with E-state index in [0.29, 0.717) is 31.6 Å². The van der Waals surface area contributed by atoms with Crippen LogP contribution in [0.15, 0.2) is 66.7 Å². The number of alkyl halides is 3. The number of hydrogen-bond acceptors (Lipinski definition) is 3. The van der Waals surface area contributed by atoms with Crippen molar-refractivity contribution in [3.05, 3.63) is 89.0 Å². The molecule has 3 aromatic carbocycles. The maximum absolute atomic E-state index is 13.0. The number of fused-ring (bicyclic) bond motifs is 1. The lowest BCUT2D eigenvalue weighted by Crippen LogP contribution is -2.50. The molecule has 0 bridgehead atoms. The van der Waals surface area contributed by atoms with Crippen LogP contribution in [0.4, 0.5) is 18.0 Å². The molecule has 0 aromatic heterocycles. The van der Waals surface area contributed by atoms with Crippen LogP contribution in [0.5, 0.6) is 5.75 Å². The van der Waals surface area contributed by atoms with Crippen molar-refractivity contribution < 1.29 is 27.5 Å². The van der Waals surface area contributed by atoms with Crippen molar-refractivity contribution in [3.63, 3.8) is 0 Å². The van der Waals surface area contributed by atoms with Gasteiger partial charge in [-0.1, -0.05) is 54.6 Å². The number of amides is 3. The standard InChI is InChI=1S/C32H34F3N3O3/c1-31(2,3)37-30(40)38-15-14-25-24(21-10-7-11-23(16-21)41-32(33,34)35)13-12-22(28(25)19-38)18-36-29(39)27-17-26(27)20-8-5-4-6-9-20/h4-13,16,26-27H,14-15,17-19H2,1-3H3,(H,36,39)(H,37,40)/t26-,27+/m0/s1. The van der Waals surface area contributed by atoms with Crippen molar-refractivity contribution in [3.8, 4) is 16.9 Å². The number of carbonyl (C=O) groups excluding carboxylic acids is 2. The Kier molecular flexibility index (Phi) is 7.72. The highest BCUT2D eigenvalue weighted by Crippen LogP contribution is 2.47. The van der Waals surface area contributed by atoms with Crippen LogP contribution in [0.2, 0.25) is 0 Å². The third-order valence-corrected chi connectivity index (χ3v) is 7.46. The number of carbonyl (C=O) groups is 2. The van der Waals surface area contributed by atoms with Gasteiger partial charge >= 0.3 is 12.4 Å². The first-order valence-electron chi connectivity index (χ1n) is 13.8. The zero-order valence-electron chi connectivity index (χ0n) is 23.3. The highest BCUT2D eigenvalue weighted by atomic mass is 19.4. The van der Waals surface area contributed by atoms with Crippen LogP contribution in [0, 0.1) is 5.92 Å². The summed E-state index contributed by atoms with van der Waals surface area (Å²) in [6, 6.07) is 19.5. The summed E-state index contributed by atoms with van der Waals surface area (Å²) < 4.78 is 42.8. The smallest absolute Gasteiger partial charge is 0.406 e. The van der Waals surface area contributed by atoms with Crippen LogP contribution < -0.4 is 15.4 Å². The molecule has 2 atom stereocenters. The van der Waals surface area contributed by atoms with Gasteiger partial charge in [0.2, 0.25) is 5.91 Å². The third kappa shape index (κ3) is 7.01. The minimum absolute atomic E-state index is 0.00757. The molecular weight excluding hydrogens is 531 g/mol. The van der Waals surface area contributed by atoms with E-state index in [0.717, 1.165) is 34.2 Å². The van der Waals surface area contributed by atoms with Crippen LogP contribution in [-0.2, 0) is 24.3 Å². The average molecular weight is 566 g/mol. The molecule has 6 nitrogen and oxygen atoms in total. The Balaban J connectivity index is 1.40. The highest BCUT2D eigenvalue weighted by Gasteiger charge is 2.43. The van der Waals surface area contributed by atoms with Crippen LogP contribution in [-0.4, -0.2) is 35.3 Å². The lowest BCUT2D eigenvalue weighted by molar-refractivity contribution is -0.274. The summed E-state index contributed by atoms with van der Waals surface area (Å²) >= 11 is 0. The molecule has 1 aliphatic heterocycles. The number of halogens is 3. The van der Waals surface area contributed by atoms with Crippen molar-refractivity contribution in [2.75, 3.05) is 6.54 Å². The molecule has 2 N–H and O–H groups in total. The van der Waals surface area contributed by atoms with Gasteiger partial charge in [-0.15, -0.1) is 13.2 Å². The molecule has 5 rings (SSSR count). The van der Waals surface area contributed by atoms with Crippen molar-refractivity contribution in [2.24, 2.45) is 5.92 Å². The molecule has 0 saturated heterocycles. The summed E-state index contributed by atoms with van der Waals surface area (Å²) in [5, 5.41) is 6.09. The second kappa shape index (κ2) is 11.1. The van der Waals surface area contributed by atoms with Crippen molar-refractivity contribution in [2.45, 2.75) is 64.5 Å². The van der Waals surface area contributed by atoms with Gasteiger partial charge < -0.3 is 20.3 Å². The quantitative estimate of drug-likeness (QED) is 0.357. The molecular formula is C32H34F3N3O3. The predicted molar refractivity (Wildman–Crippen MR) is 150 cm³/mol. The summed E-state index contributed by atoms with van der Waals surface area (Å²) in [5.41, 5.74) is 4.86. The zero-order chi connectivity index (χ0) is 29.4. The van der Waals surface area contributed by atoms with Crippen LogP contribution in [0.1, 0.15) is 55.4 Å². The monoisotopic (exact) mass is 565 g/mol. The van der Waals surface area contributed by atoms with Crippen LogP contribution in [0.25, 0.3) is 11.1 Å². The van der Waals surface area contributed by atoms with Gasteiger partial charge in [-0.2, -0.15) is 0 Å². The summed E-state index contributed by atoms with van der Waals surface area (Å²) in [6.45, 7) is 6.82. The Morgan fingerprint density at radius 3 is 2.44 bits per heavy atom. The first kappa shape index (κ1) is 28.5. The van der Waals surface area contributed by atoms with E-state index in [1.165, 1.54) is 18.2 Å². The molecule has 1 aliphatic carbocycles. The Morgan fingerprint density at radius 2 is 1.73 bits per heavy atom. The maximum Gasteiger partial charge on any atom is 0.573 e. The predicted octanol–water partition coefficient (Wildman–Crippen LogP) is 6.54. The Morgan fingerprint density at radius 1 is 0.976 bits per heavy atom. The van der Waals surface area contributed by atoms with Crippen molar-refractivity contribution in [1.82, 2.24) is 15.5 Å². The molecule has 0 spiro atoms. The Hall–Kier alpha value is -4.01. The number of hydrogen-bond donors (Lipinski definition) is 2. The fraction of sp³-hybridized carbons (Fsp3) is 0.375. The summed E-state index contributed by atoms with van der Waals surface area (Å²) in [5.74, 6) is -0.153. The summed E-state index contributed by atoms with van der Waals surface area (Å²) in [6.07, 6.45) is -3.46. The average Bonchev–Trinajstić information content (AvgIpc) is 3.71. The normalized spacial score (nSPS) is 18.3. The fourth-order valence-electron chi connectivity index (χ4n) is 5.48.